The first-order valence-corrected chi connectivity index (χ1v) is 14.1. The van der Waals surface area contributed by atoms with E-state index in [4.69, 9.17) is 4.74 Å². The molecule has 0 saturated heterocycles. The molecule has 10 atom stereocenters. The average Bonchev–Trinajstić information content (AvgIpc) is 2.74. The smallest absolute Gasteiger partial charge is 0.293 e. The zero-order valence-electron chi connectivity index (χ0n) is 22.8. The van der Waals surface area contributed by atoms with Crippen LogP contribution in [0.5, 0.6) is 0 Å². The van der Waals surface area contributed by atoms with Crippen molar-refractivity contribution in [3.8, 4) is 0 Å². The summed E-state index contributed by atoms with van der Waals surface area (Å²) >= 11 is 0. The van der Waals surface area contributed by atoms with Crippen molar-refractivity contribution in [3.05, 3.63) is 0 Å². The van der Waals surface area contributed by atoms with Gasteiger partial charge in [-0.2, -0.15) is 0 Å². The Morgan fingerprint density at radius 1 is 0.794 bits per heavy atom. The molecular weight excluding hydrogens is 424 g/mol. The maximum absolute atomic E-state index is 12.0. The Morgan fingerprint density at radius 2 is 1.47 bits per heavy atom. The predicted octanol–water partition coefficient (Wildman–Crippen LogP) is 6.13. The second-order valence-electron chi connectivity index (χ2n) is 15.4. The van der Waals surface area contributed by atoms with Crippen LogP contribution in [-0.2, 0) is 9.53 Å². The van der Waals surface area contributed by atoms with Gasteiger partial charge in [0.1, 0.15) is 5.60 Å². The summed E-state index contributed by atoms with van der Waals surface area (Å²) in [7, 11) is 0. The molecule has 0 heterocycles. The molecule has 0 aliphatic heterocycles. The van der Waals surface area contributed by atoms with Gasteiger partial charge in [0, 0.05) is 5.92 Å². The Hall–Kier alpha value is -0.610. The summed E-state index contributed by atoms with van der Waals surface area (Å²) in [4.78, 5) is 11.7. The lowest BCUT2D eigenvalue weighted by Crippen LogP contribution is -2.71. The predicted molar refractivity (Wildman–Crippen MR) is 134 cm³/mol. The van der Waals surface area contributed by atoms with Gasteiger partial charge < -0.3 is 14.9 Å². The van der Waals surface area contributed by atoms with Gasteiger partial charge in [0.2, 0.25) is 0 Å². The van der Waals surface area contributed by atoms with Crippen molar-refractivity contribution in [3.63, 3.8) is 0 Å². The zero-order valence-corrected chi connectivity index (χ0v) is 22.8. The third-order valence-electron chi connectivity index (χ3n) is 13.4. The van der Waals surface area contributed by atoms with E-state index in [-0.39, 0.29) is 51.1 Å². The standard InChI is InChI=1S/C30H50O4/c1-25(2)12-14-30(34-18-31)15-13-29(7)24(19(30)17-25)20(32)16-22-27(5)10-9-23(33)26(3,4)21(27)8-11-28(22,29)6/h18-24,32-33H,8-17H2,1-7H3/t19-,20-,21+,22-,23+,24+,27+,28-,29-,30+/m1/s1. The lowest BCUT2D eigenvalue weighted by atomic mass is 9.32. The number of ether oxygens (including phenoxy) is 1. The fourth-order valence-electron chi connectivity index (χ4n) is 11.3. The second-order valence-corrected chi connectivity index (χ2v) is 15.4. The molecule has 0 spiro atoms. The lowest BCUT2D eigenvalue weighted by molar-refractivity contribution is -0.288. The van der Waals surface area contributed by atoms with E-state index in [0.717, 1.165) is 57.8 Å². The van der Waals surface area contributed by atoms with Crippen molar-refractivity contribution in [2.24, 2.45) is 50.7 Å². The van der Waals surface area contributed by atoms with Crippen LogP contribution in [0.1, 0.15) is 113 Å². The minimum Gasteiger partial charge on any atom is -0.461 e. The van der Waals surface area contributed by atoms with Gasteiger partial charge in [0.05, 0.1) is 12.2 Å². The second kappa shape index (κ2) is 7.46. The van der Waals surface area contributed by atoms with Crippen molar-refractivity contribution >= 4 is 6.47 Å². The van der Waals surface area contributed by atoms with E-state index in [1.54, 1.807) is 0 Å². The van der Waals surface area contributed by atoms with E-state index in [0.29, 0.717) is 18.3 Å². The van der Waals surface area contributed by atoms with Crippen LogP contribution in [0.15, 0.2) is 0 Å². The fraction of sp³-hybridized carbons (Fsp3) is 0.967. The van der Waals surface area contributed by atoms with Crippen LogP contribution in [0.25, 0.3) is 0 Å². The molecular formula is C30H50O4. The van der Waals surface area contributed by atoms with Crippen molar-refractivity contribution in [1.29, 1.82) is 0 Å². The molecule has 0 radical (unpaired) electrons. The first kappa shape index (κ1) is 25.1. The van der Waals surface area contributed by atoms with Gasteiger partial charge in [-0.15, -0.1) is 0 Å². The summed E-state index contributed by atoms with van der Waals surface area (Å²) in [6, 6.07) is 0. The summed E-state index contributed by atoms with van der Waals surface area (Å²) in [5.41, 5.74) is 0.0497. The van der Waals surface area contributed by atoms with Gasteiger partial charge >= 0.3 is 0 Å². The molecule has 2 N–H and O–H groups in total. The summed E-state index contributed by atoms with van der Waals surface area (Å²) in [5, 5.41) is 22.9. The van der Waals surface area contributed by atoms with Gasteiger partial charge in [0.25, 0.3) is 6.47 Å². The molecule has 4 nitrogen and oxygen atoms in total. The van der Waals surface area contributed by atoms with Crippen LogP contribution < -0.4 is 0 Å². The molecule has 5 saturated carbocycles. The van der Waals surface area contributed by atoms with Crippen molar-refractivity contribution in [2.45, 2.75) is 130 Å². The van der Waals surface area contributed by atoms with Crippen LogP contribution in [0.3, 0.4) is 0 Å². The van der Waals surface area contributed by atoms with Crippen molar-refractivity contribution in [2.75, 3.05) is 0 Å². The summed E-state index contributed by atoms with van der Waals surface area (Å²) in [6.07, 6.45) is 9.52. The third-order valence-corrected chi connectivity index (χ3v) is 13.4. The van der Waals surface area contributed by atoms with Gasteiger partial charge in [-0.25, -0.2) is 0 Å². The lowest BCUT2D eigenvalue weighted by Gasteiger charge is -2.74. The molecule has 0 amide bonds. The quantitative estimate of drug-likeness (QED) is 0.473. The Labute approximate surface area is 207 Å². The third kappa shape index (κ3) is 3.06. The van der Waals surface area contributed by atoms with Crippen LogP contribution in [-0.4, -0.2) is 34.5 Å². The highest BCUT2D eigenvalue weighted by atomic mass is 16.5. The van der Waals surface area contributed by atoms with Crippen molar-refractivity contribution < 1.29 is 19.7 Å². The maximum atomic E-state index is 12.0. The van der Waals surface area contributed by atoms with E-state index in [1.165, 1.54) is 6.42 Å². The molecule has 5 aliphatic carbocycles. The minimum absolute atomic E-state index is 0.0251. The molecule has 0 aromatic rings. The van der Waals surface area contributed by atoms with E-state index in [1.807, 2.05) is 0 Å². The summed E-state index contributed by atoms with van der Waals surface area (Å²) < 4.78 is 6.00. The first-order valence-electron chi connectivity index (χ1n) is 14.1. The SMILES string of the molecule is CC1(C)CC[C@]2(OC=O)CC[C@]3(C)[C@H]([C@H](O)C[C@@H]4[C@@]5(C)CC[C@H](O)C(C)(C)[C@@H]5CC[C@]43C)[C@H]2C1. The fourth-order valence-corrected chi connectivity index (χ4v) is 11.3. The highest BCUT2D eigenvalue weighted by molar-refractivity contribution is 5.39. The molecule has 5 fully saturated rings. The van der Waals surface area contributed by atoms with Crippen molar-refractivity contribution in [1.82, 2.24) is 0 Å². The van der Waals surface area contributed by atoms with E-state index in [2.05, 4.69) is 48.5 Å². The molecule has 0 aromatic carbocycles. The van der Waals surface area contributed by atoms with Gasteiger partial charge in [0.15, 0.2) is 0 Å². The molecule has 4 heteroatoms. The average molecular weight is 475 g/mol. The molecule has 0 bridgehead atoms. The van der Waals surface area contributed by atoms with E-state index >= 15 is 0 Å². The van der Waals surface area contributed by atoms with Gasteiger partial charge in [-0.1, -0.05) is 48.5 Å². The van der Waals surface area contributed by atoms with Crippen LogP contribution in [0.4, 0.5) is 0 Å². The van der Waals surface area contributed by atoms with Gasteiger partial charge in [-0.3, -0.25) is 4.79 Å². The largest absolute Gasteiger partial charge is 0.461 e. The highest BCUT2D eigenvalue weighted by Crippen LogP contribution is 2.76. The number of carbonyl (C=O) groups is 1. The normalized spacial score (nSPS) is 55.7. The molecule has 5 rings (SSSR count). The molecule has 34 heavy (non-hydrogen) atoms. The van der Waals surface area contributed by atoms with Crippen LogP contribution >= 0.6 is 0 Å². The Bertz CT molecular complexity index is 836. The zero-order chi connectivity index (χ0) is 24.9. The number of aliphatic hydroxyl groups is 2. The Kier molecular flexibility index (Phi) is 5.50. The van der Waals surface area contributed by atoms with Crippen LogP contribution in [0, 0.1) is 50.7 Å². The Morgan fingerprint density at radius 3 is 2.15 bits per heavy atom. The van der Waals surface area contributed by atoms with Crippen LogP contribution in [0.2, 0.25) is 0 Å². The topological polar surface area (TPSA) is 66.8 Å². The number of aliphatic hydroxyl groups excluding tert-OH is 2. The summed E-state index contributed by atoms with van der Waals surface area (Å²) in [5.74, 6) is 1.34. The Balaban J connectivity index is 1.57. The molecule has 0 aromatic heterocycles. The number of rotatable bonds is 2. The van der Waals surface area contributed by atoms with E-state index in [9.17, 15) is 15.0 Å². The number of hydrogen-bond donors (Lipinski definition) is 2. The number of fused-ring (bicyclic) bond motifs is 7. The minimum atomic E-state index is -0.399. The highest BCUT2D eigenvalue weighted by Gasteiger charge is 2.72. The molecule has 194 valence electrons. The monoisotopic (exact) mass is 474 g/mol. The number of hydrogen-bond acceptors (Lipinski definition) is 4. The van der Waals surface area contributed by atoms with E-state index < -0.39 is 5.60 Å². The first-order chi connectivity index (χ1) is 15.7. The summed E-state index contributed by atoms with van der Waals surface area (Å²) in [6.45, 7) is 17.5. The van der Waals surface area contributed by atoms with Gasteiger partial charge in [-0.05, 0) is 109 Å². The molecule has 0 unspecified atom stereocenters. The molecule has 5 aliphatic rings. The maximum Gasteiger partial charge on any atom is 0.293 e. The number of carbonyl (C=O) groups excluding carboxylic acids is 1.